The van der Waals surface area contributed by atoms with Crippen LogP contribution in [-0.2, 0) is 4.79 Å². The molecule has 1 heterocycles. The fourth-order valence-electron chi connectivity index (χ4n) is 1.69. The van der Waals surface area contributed by atoms with Gasteiger partial charge in [0, 0.05) is 18.8 Å². The highest BCUT2D eigenvalue weighted by atomic mass is 19.1. The molecule has 2 rings (SSSR count). The average Bonchev–Trinajstić information content (AvgIpc) is 2.31. The number of carbonyl (C=O) groups is 2. The molecule has 0 aliphatic carbocycles. The SMILES string of the molecule is Nc1ccc(F)c(C(=O)N2CCNC(=O)C2)c1. The quantitative estimate of drug-likeness (QED) is 0.674. The minimum Gasteiger partial charge on any atom is -0.399 e. The molecule has 6 heteroatoms. The molecular weight excluding hydrogens is 225 g/mol. The summed E-state index contributed by atoms with van der Waals surface area (Å²) < 4.78 is 13.5. The van der Waals surface area contributed by atoms with Gasteiger partial charge in [0.25, 0.3) is 5.91 Å². The van der Waals surface area contributed by atoms with Gasteiger partial charge in [-0.05, 0) is 18.2 Å². The molecule has 1 fully saturated rings. The molecule has 1 aromatic carbocycles. The third kappa shape index (κ3) is 2.35. The van der Waals surface area contributed by atoms with Crippen molar-refractivity contribution in [3.63, 3.8) is 0 Å². The molecule has 0 bridgehead atoms. The van der Waals surface area contributed by atoms with Crippen LogP contribution >= 0.6 is 0 Å². The molecule has 17 heavy (non-hydrogen) atoms. The van der Waals surface area contributed by atoms with E-state index in [1.807, 2.05) is 0 Å². The number of nitrogens with one attached hydrogen (secondary N) is 1. The van der Waals surface area contributed by atoms with Crippen LogP contribution in [0.4, 0.5) is 10.1 Å². The van der Waals surface area contributed by atoms with E-state index in [0.29, 0.717) is 18.8 Å². The summed E-state index contributed by atoms with van der Waals surface area (Å²) >= 11 is 0. The van der Waals surface area contributed by atoms with Crippen LogP contribution in [0.1, 0.15) is 10.4 Å². The molecule has 0 radical (unpaired) electrons. The molecule has 1 saturated heterocycles. The van der Waals surface area contributed by atoms with Gasteiger partial charge in [0.15, 0.2) is 0 Å². The smallest absolute Gasteiger partial charge is 0.257 e. The first-order valence-electron chi connectivity index (χ1n) is 5.19. The van der Waals surface area contributed by atoms with Gasteiger partial charge in [0.1, 0.15) is 5.82 Å². The number of nitrogen functional groups attached to an aromatic ring is 1. The number of nitrogens with two attached hydrogens (primary N) is 1. The lowest BCUT2D eigenvalue weighted by atomic mass is 10.1. The van der Waals surface area contributed by atoms with Crippen molar-refractivity contribution in [2.24, 2.45) is 0 Å². The van der Waals surface area contributed by atoms with Crippen LogP contribution in [0.2, 0.25) is 0 Å². The Morgan fingerprint density at radius 1 is 1.47 bits per heavy atom. The fourth-order valence-corrected chi connectivity index (χ4v) is 1.69. The van der Waals surface area contributed by atoms with Gasteiger partial charge in [-0.1, -0.05) is 0 Å². The van der Waals surface area contributed by atoms with Crippen LogP contribution in [0.25, 0.3) is 0 Å². The van der Waals surface area contributed by atoms with Crippen LogP contribution in [0.5, 0.6) is 0 Å². The number of hydrogen-bond acceptors (Lipinski definition) is 3. The van der Waals surface area contributed by atoms with Crippen LogP contribution in [0, 0.1) is 5.82 Å². The second-order valence-electron chi connectivity index (χ2n) is 3.82. The van der Waals surface area contributed by atoms with Crippen molar-refractivity contribution < 1.29 is 14.0 Å². The molecule has 0 atom stereocenters. The zero-order valence-corrected chi connectivity index (χ0v) is 9.07. The summed E-state index contributed by atoms with van der Waals surface area (Å²) in [5.41, 5.74) is 5.72. The predicted octanol–water partition coefficient (Wildman–Crippen LogP) is -0.0201. The van der Waals surface area contributed by atoms with Crippen molar-refractivity contribution in [1.82, 2.24) is 10.2 Å². The van der Waals surface area contributed by atoms with Crippen molar-refractivity contribution in [3.8, 4) is 0 Å². The van der Waals surface area contributed by atoms with E-state index in [2.05, 4.69) is 5.32 Å². The third-order valence-electron chi connectivity index (χ3n) is 2.55. The monoisotopic (exact) mass is 237 g/mol. The number of hydrogen-bond donors (Lipinski definition) is 2. The molecule has 0 aromatic heterocycles. The van der Waals surface area contributed by atoms with Gasteiger partial charge >= 0.3 is 0 Å². The average molecular weight is 237 g/mol. The van der Waals surface area contributed by atoms with E-state index < -0.39 is 11.7 Å². The first kappa shape index (κ1) is 11.4. The van der Waals surface area contributed by atoms with E-state index in [4.69, 9.17) is 5.73 Å². The lowest BCUT2D eigenvalue weighted by molar-refractivity contribution is -0.123. The normalized spacial score (nSPS) is 15.6. The number of halogens is 1. The Hall–Kier alpha value is -2.11. The van der Waals surface area contributed by atoms with Crippen molar-refractivity contribution in [1.29, 1.82) is 0 Å². The van der Waals surface area contributed by atoms with Crippen LogP contribution in [0.3, 0.4) is 0 Å². The largest absolute Gasteiger partial charge is 0.399 e. The van der Waals surface area contributed by atoms with E-state index in [0.717, 1.165) is 6.07 Å². The summed E-state index contributed by atoms with van der Waals surface area (Å²) in [7, 11) is 0. The molecule has 90 valence electrons. The van der Waals surface area contributed by atoms with Gasteiger partial charge < -0.3 is 16.0 Å². The molecule has 0 spiro atoms. The molecule has 3 N–H and O–H groups in total. The van der Waals surface area contributed by atoms with Gasteiger partial charge in [-0.3, -0.25) is 9.59 Å². The van der Waals surface area contributed by atoms with Gasteiger partial charge in [-0.25, -0.2) is 4.39 Å². The zero-order chi connectivity index (χ0) is 12.4. The maximum Gasteiger partial charge on any atom is 0.257 e. The summed E-state index contributed by atoms with van der Waals surface area (Å²) in [4.78, 5) is 24.4. The lowest BCUT2D eigenvalue weighted by Crippen LogP contribution is -2.50. The minimum atomic E-state index is -0.629. The Balaban J connectivity index is 2.24. The molecule has 1 aliphatic rings. The Morgan fingerprint density at radius 3 is 2.94 bits per heavy atom. The third-order valence-corrected chi connectivity index (χ3v) is 2.55. The van der Waals surface area contributed by atoms with E-state index in [-0.39, 0.29) is 18.0 Å². The summed E-state index contributed by atoms with van der Waals surface area (Å²) in [6.07, 6.45) is 0. The maximum absolute atomic E-state index is 13.5. The highest BCUT2D eigenvalue weighted by Gasteiger charge is 2.24. The number of nitrogens with zero attached hydrogens (tertiary/aromatic N) is 1. The van der Waals surface area contributed by atoms with E-state index in [1.54, 1.807) is 0 Å². The first-order valence-corrected chi connectivity index (χ1v) is 5.19. The van der Waals surface area contributed by atoms with E-state index in [1.165, 1.54) is 17.0 Å². The Labute approximate surface area is 97.4 Å². The first-order chi connectivity index (χ1) is 8.08. The summed E-state index contributed by atoms with van der Waals surface area (Å²) in [5.74, 6) is -1.38. The number of anilines is 1. The molecule has 0 saturated carbocycles. The van der Waals surface area contributed by atoms with Crippen molar-refractivity contribution in [3.05, 3.63) is 29.6 Å². The van der Waals surface area contributed by atoms with Gasteiger partial charge in [-0.2, -0.15) is 0 Å². The fraction of sp³-hybridized carbons (Fsp3) is 0.273. The van der Waals surface area contributed by atoms with Crippen molar-refractivity contribution >= 4 is 17.5 Å². The molecule has 2 amide bonds. The Morgan fingerprint density at radius 2 is 2.24 bits per heavy atom. The Kier molecular flexibility index (Phi) is 2.95. The minimum absolute atomic E-state index is 0.0485. The second-order valence-corrected chi connectivity index (χ2v) is 3.82. The van der Waals surface area contributed by atoms with Gasteiger partial charge in [-0.15, -0.1) is 0 Å². The lowest BCUT2D eigenvalue weighted by Gasteiger charge is -2.26. The van der Waals surface area contributed by atoms with Crippen molar-refractivity contribution in [2.45, 2.75) is 0 Å². The standard InChI is InChI=1S/C11H12FN3O2/c12-9-2-1-7(13)5-8(9)11(17)15-4-3-14-10(16)6-15/h1-2,5H,3-4,6,13H2,(H,14,16). The summed E-state index contributed by atoms with van der Waals surface area (Å²) in [5, 5.41) is 2.59. The number of piperazine rings is 1. The summed E-state index contributed by atoms with van der Waals surface area (Å²) in [6.45, 7) is 0.709. The molecule has 0 unspecified atom stereocenters. The topological polar surface area (TPSA) is 75.4 Å². The second kappa shape index (κ2) is 4.40. The molecule has 1 aliphatic heterocycles. The number of carbonyl (C=O) groups excluding carboxylic acids is 2. The van der Waals surface area contributed by atoms with Gasteiger partial charge in [0.2, 0.25) is 5.91 Å². The van der Waals surface area contributed by atoms with Crippen molar-refractivity contribution in [2.75, 3.05) is 25.4 Å². The molecule has 1 aromatic rings. The Bertz CT molecular complexity index is 476. The van der Waals surface area contributed by atoms with Crippen LogP contribution in [-0.4, -0.2) is 36.3 Å². The zero-order valence-electron chi connectivity index (χ0n) is 9.07. The summed E-state index contributed by atoms with van der Waals surface area (Å²) in [6, 6.07) is 3.81. The highest BCUT2D eigenvalue weighted by Crippen LogP contribution is 2.14. The maximum atomic E-state index is 13.5. The number of amides is 2. The van der Waals surface area contributed by atoms with Gasteiger partial charge in [0.05, 0.1) is 12.1 Å². The molecular formula is C11H12FN3O2. The number of benzene rings is 1. The van der Waals surface area contributed by atoms with Crippen LogP contribution in [0.15, 0.2) is 18.2 Å². The highest BCUT2D eigenvalue weighted by molar-refractivity contribution is 5.97. The molecule has 5 nitrogen and oxygen atoms in total. The van der Waals surface area contributed by atoms with E-state index in [9.17, 15) is 14.0 Å². The van der Waals surface area contributed by atoms with Crippen LogP contribution < -0.4 is 11.1 Å². The van der Waals surface area contributed by atoms with E-state index >= 15 is 0 Å². The predicted molar refractivity (Wildman–Crippen MR) is 59.7 cm³/mol. The number of rotatable bonds is 1.